The highest BCUT2D eigenvalue weighted by molar-refractivity contribution is 5.77. The molecule has 0 unspecified atom stereocenters. The van der Waals surface area contributed by atoms with Crippen molar-refractivity contribution in [3.63, 3.8) is 0 Å². The minimum Gasteiger partial charge on any atom is -0.378 e. The van der Waals surface area contributed by atoms with Crippen molar-refractivity contribution < 1.29 is 19.1 Å². The summed E-state index contributed by atoms with van der Waals surface area (Å²) in [7, 11) is 0. The van der Waals surface area contributed by atoms with Crippen molar-refractivity contribution >= 4 is 11.8 Å². The first-order valence-corrected chi connectivity index (χ1v) is 5.89. The van der Waals surface area contributed by atoms with Gasteiger partial charge in [0.05, 0.1) is 13.2 Å². The molecule has 100 valence electrons. The van der Waals surface area contributed by atoms with Crippen LogP contribution in [0.5, 0.6) is 0 Å². The van der Waals surface area contributed by atoms with E-state index in [2.05, 4.69) is 10.6 Å². The zero-order valence-electron chi connectivity index (χ0n) is 10.6. The van der Waals surface area contributed by atoms with Gasteiger partial charge in [-0.05, 0) is 6.92 Å². The van der Waals surface area contributed by atoms with Crippen LogP contribution in [0.2, 0.25) is 0 Å². The number of hydrogen-bond acceptors (Lipinski definition) is 4. The van der Waals surface area contributed by atoms with E-state index < -0.39 is 0 Å². The van der Waals surface area contributed by atoms with E-state index in [4.69, 9.17) is 9.47 Å². The Morgan fingerprint density at radius 3 is 2.06 bits per heavy atom. The van der Waals surface area contributed by atoms with Gasteiger partial charge in [-0.25, -0.2) is 0 Å². The van der Waals surface area contributed by atoms with Crippen LogP contribution in [0.25, 0.3) is 0 Å². The summed E-state index contributed by atoms with van der Waals surface area (Å²) in [5.74, 6) is -0.131. The van der Waals surface area contributed by atoms with Gasteiger partial charge in [0.1, 0.15) is 6.61 Å². The fraction of sp³-hybridized carbons (Fsp3) is 0.818. The minimum absolute atomic E-state index is 0.0126. The molecular formula is C11H22N2O4. The fourth-order valence-electron chi connectivity index (χ4n) is 0.998. The van der Waals surface area contributed by atoms with Crippen molar-refractivity contribution in [2.45, 2.75) is 20.3 Å². The van der Waals surface area contributed by atoms with E-state index in [1.54, 1.807) is 6.92 Å². The van der Waals surface area contributed by atoms with Gasteiger partial charge in [0, 0.05) is 26.1 Å². The maximum absolute atomic E-state index is 11.1. The van der Waals surface area contributed by atoms with E-state index in [0.29, 0.717) is 39.3 Å². The maximum atomic E-state index is 11.1. The van der Waals surface area contributed by atoms with Gasteiger partial charge in [-0.1, -0.05) is 6.92 Å². The molecule has 0 radical (unpaired) electrons. The molecular weight excluding hydrogens is 224 g/mol. The zero-order valence-corrected chi connectivity index (χ0v) is 10.6. The largest absolute Gasteiger partial charge is 0.378 e. The second-order valence-corrected chi connectivity index (χ2v) is 3.30. The van der Waals surface area contributed by atoms with Gasteiger partial charge in [-0.2, -0.15) is 0 Å². The monoisotopic (exact) mass is 246 g/mol. The molecule has 0 aromatic rings. The third kappa shape index (κ3) is 11.1. The molecule has 0 aliphatic carbocycles. The highest BCUT2D eigenvalue weighted by Gasteiger charge is 1.99. The normalized spacial score (nSPS) is 10.0. The second kappa shape index (κ2) is 11.3. The van der Waals surface area contributed by atoms with E-state index in [9.17, 15) is 9.59 Å². The van der Waals surface area contributed by atoms with Crippen molar-refractivity contribution in [1.82, 2.24) is 10.6 Å². The van der Waals surface area contributed by atoms with Gasteiger partial charge in [0.15, 0.2) is 0 Å². The Morgan fingerprint density at radius 1 is 0.941 bits per heavy atom. The van der Waals surface area contributed by atoms with Crippen molar-refractivity contribution in [2.75, 3.05) is 39.5 Å². The summed E-state index contributed by atoms with van der Waals surface area (Å²) < 4.78 is 10.1. The number of carbonyl (C=O) groups is 2. The Morgan fingerprint density at radius 2 is 1.53 bits per heavy atom. The molecule has 0 rings (SSSR count). The predicted molar refractivity (Wildman–Crippen MR) is 63.6 cm³/mol. The highest BCUT2D eigenvalue weighted by atomic mass is 16.5. The molecule has 0 heterocycles. The first-order valence-electron chi connectivity index (χ1n) is 5.89. The zero-order chi connectivity index (χ0) is 12.9. The maximum Gasteiger partial charge on any atom is 0.246 e. The van der Waals surface area contributed by atoms with E-state index in [1.807, 2.05) is 6.92 Å². The summed E-state index contributed by atoms with van der Waals surface area (Å²) >= 11 is 0. The van der Waals surface area contributed by atoms with Crippen LogP contribution in [-0.4, -0.2) is 51.3 Å². The lowest BCUT2D eigenvalue weighted by Gasteiger charge is -2.07. The number of hydrogen-bond donors (Lipinski definition) is 2. The van der Waals surface area contributed by atoms with Crippen LogP contribution in [0.3, 0.4) is 0 Å². The van der Waals surface area contributed by atoms with Crippen LogP contribution in [0.4, 0.5) is 0 Å². The number of amides is 2. The van der Waals surface area contributed by atoms with E-state index in [1.165, 1.54) is 0 Å². The molecule has 0 aromatic carbocycles. The van der Waals surface area contributed by atoms with Crippen molar-refractivity contribution in [3.05, 3.63) is 0 Å². The lowest BCUT2D eigenvalue weighted by atomic mass is 10.4. The van der Waals surface area contributed by atoms with Crippen molar-refractivity contribution in [1.29, 1.82) is 0 Å². The molecule has 0 aliphatic heterocycles. The first-order chi connectivity index (χ1) is 8.20. The molecule has 0 bridgehead atoms. The molecule has 6 heteroatoms. The summed E-state index contributed by atoms with van der Waals surface area (Å²) in [4.78, 5) is 21.9. The molecule has 0 saturated heterocycles. The summed E-state index contributed by atoms with van der Waals surface area (Å²) in [6.45, 7) is 6.08. The van der Waals surface area contributed by atoms with Crippen LogP contribution in [0, 0.1) is 0 Å². The molecule has 0 aromatic heterocycles. The molecule has 0 atom stereocenters. The molecule has 17 heavy (non-hydrogen) atoms. The number of carbonyl (C=O) groups excluding carboxylic acids is 2. The number of nitrogens with one attached hydrogen (secondary N) is 2. The Hall–Kier alpha value is -1.14. The van der Waals surface area contributed by atoms with Gasteiger partial charge in [-0.15, -0.1) is 0 Å². The fourth-order valence-corrected chi connectivity index (χ4v) is 0.998. The molecule has 0 saturated carbocycles. The van der Waals surface area contributed by atoms with Crippen LogP contribution in [0.15, 0.2) is 0 Å². The van der Waals surface area contributed by atoms with Gasteiger partial charge >= 0.3 is 0 Å². The molecule has 0 aliphatic rings. The molecule has 2 N–H and O–H groups in total. The molecule has 0 fully saturated rings. The third-order valence-electron chi connectivity index (χ3n) is 1.90. The van der Waals surface area contributed by atoms with Crippen LogP contribution in [0.1, 0.15) is 20.3 Å². The number of ether oxygens (including phenoxy) is 2. The van der Waals surface area contributed by atoms with Gasteiger partial charge in [0.25, 0.3) is 0 Å². The molecule has 6 nitrogen and oxygen atoms in total. The second-order valence-electron chi connectivity index (χ2n) is 3.30. The molecule has 2 amide bonds. The lowest BCUT2D eigenvalue weighted by molar-refractivity contribution is -0.125. The quantitative estimate of drug-likeness (QED) is 0.518. The summed E-state index contributed by atoms with van der Waals surface area (Å²) in [5, 5.41) is 5.34. The Kier molecular flexibility index (Phi) is 10.6. The average Bonchev–Trinajstić information content (AvgIpc) is 2.34. The predicted octanol–water partition coefficient (Wildman–Crippen LogP) is -0.318. The van der Waals surface area contributed by atoms with Gasteiger partial charge in [0.2, 0.25) is 11.8 Å². The van der Waals surface area contributed by atoms with Gasteiger partial charge in [-0.3, -0.25) is 9.59 Å². The first kappa shape index (κ1) is 15.9. The standard InChI is InChI=1S/C11H22N2O4/c1-3-10(14)12-5-7-17-8-6-13-11(15)9-16-4-2/h3-9H2,1-2H3,(H,12,14)(H,13,15). The Labute approximate surface area is 102 Å². The number of rotatable bonds is 10. The van der Waals surface area contributed by atoms with E-state index >= 15 is 0 Å². The van der Waals surface area contributed by atoms with E-state index in [0.717, 1.165) is 0 Å². The SMILES string of the molecule is CCOCC(=O)NCCOCCNC(=O)CC. The Balaban J connectivity index is 3.18. The summed E-state index contributed by atoms with van der Waals surface area (Å²) in [6, 6.07) is 0. The Bertz CT molecular complexity index is 222. The molecule has 0 spiro atoms. The van der Waals surface area contributed by atoms with E-state index in [-0.39, 0.29) is 18.4 Å². The average molecular weight is 246 g/mol. The third-order valence-corrected chi connectivity index (χ3v) is 1.90. The van der Waals surface area contributed by atoms with Crippen LogP contribution in [-0.2, 0) is 19.1 Å². The summed E-state index contributed by atoms with van der Waals surface area (Å²) in [5.41, 5.74) is 0. The van der Waals surface area contributed by atoms with Gasteiger partial charge < -0.3 is 20.1 Å². The minimum atomic E-state index is -0.144. The topological polar surface area (TPSA) is 76.7 Å². The van der Waals surface area contributed by atoms with Crippen LogP contribution >= 0.6 is 0 Å². The lowest BCUT2D eigenvalue weighted by Crippen LogP contribution is -2.32. The van der Waals surface area contributed by atoms with Crippen molar-refractivity contribution in [3.8, 4) is 0 Å². The van der Waals surface area contributed by atoms with Crippen LogP contribution < -0.4 is 10.6 Å². The summed E-state index contributed by atoms with van der Waals surface area (Å²) in [6.07, 6.45) is 0.480. The smallest absolute Gasteiger partial charge is 0.246 e. The highest BCUT2D eigenvalue weighted by Crippen LogP contribution is 1.77. The van der Waals surface area contributed by atoms with Crippen molar-refractivity contribution in [2.24, 2.45) is 0 Å².